The van der Waals surface area contributed by atoms with E-state index in [0.717, 1.165) is 27.4 Å². The highest BCUT2D eigenvalue weighted by Crippen LogP contribution is 2.27. The van der Waals surface area contributed by atoms with Crippen LogP contribution in [0.4, 0.5) is 11.8 Å². The molecule has 4 N–H and O–H groups in total. The molecule has 0 saturated heterocycles. The second-order valence-corrected chi connectivity index (χ2v) is 5.70. The van der Waals surface area contributed by atoms with Gasteiger partial charge in [0.1, 0.15) is 10.6 Å². The number of anilines is 2. The van der Waals surface area contributed by atoms with Crippen LogP contribution < -0.4 is 16.6 Å². The monoisotopic (exact) mass is 303 g/mol. The second kappa shape index (κ2) is 5.30. The number of hydrazine groups is 1. The number of fused-ring (bicyclic) bond motifs is 1. The summed E-state index contributed by atoms with van der Waals surface area (Å²) in [5.74, 6) is 6.61. The van der Waals surface area contributed by atoms with Crippen molar-refractivity contribution in [1.29, 1.82) is 0 Å². The number of hydrogen-bond donors (Lipinski definition) is 3. The molecule has 0 unspecified atom stereocenters. The minimum atomic E-state index is 0.409. The molecule has 0 aliphatic carbocycles. The fourth-order valence-electron chi connectivity index (χ4n) is 2.30. The van der Waals surface area contributed by atoms with E-state index >= 15 is 0 Å². The third-order valence-corrected chi connectivity index (χ3v) is 4.35. The number of rotatable bonds is 4. The molecular formula is C13H17N7S. The summed E-state index contributed by atoms with van der Waals surface area (Å²) in [5, 5.41) is 10.8. The first-order chi connectivity index (χ1) is 10.1. The summed E-state index contributed by atoms with van der Waals surface area (Å²) in [5.41, 5.74) is 5.85. The van der Waals surface area contributed by atoms with Gasteiger partial charge in [-0.15, -0.1) is 11.3 Å². The van der Waals surface area contributed by atoms with Crippen LogP contribution in [0.1, 0.15) is 17.0 Å². The Balaban J connectivity index is 1.92. The largest absolute Gasteiger partial charge is 0.365 e. The summed E-state index contributed by atoms with van der Waals surface area (Å²) in [6, 6.07) is 2.01. The van der Waals surface area contributed by atoms with Gasteiger partial charge in [0.25, 0.3) is 0 Å². The fourth-order valence-corrected chi connectivity index (χ4v) is 3.06. The number of aromatic nitrogens is 4. The summed E-state index contributed by atoms with van der Waals surface area (Å²) in [7, 11) is 1.95. The highest BCUT2D eigenvalue weighted by molar-refractivity contribution is 7.16. The Kier molecular flexibility index (Phi) is 3.48. The molecule has 3 heterocycles. The summed E-state index contributed by atoms with van der Waals surface area (Å²) in [6.07, 6.45) is 0. The van der Waals surface area contributed by atoms with E-state index in [4.69, 9.17) is 5.84 Å². The topological polar surface area (TPSA) is 93.7 Å². The van der Waals surface area contributed by atoms with E-state index < -0.39 is 0 Å². The second-order valence-electron chi connectivity index (χ2n) is 4.81. The molecule has 0 fully saturated rings. The Hall–Kier alpha value is -2.19. The van der Waals surface area contributed by atoms with Crippen LogP contribution in [0.2, 0.25) is 0 Å². The van der Waals surface area contributed by atoms with Gasteiger partial charge < -0.3 is 5.32 Å². The molecule has 0 aromatic carbocycles. The number of nitrogens with two attached hydrogens (primary N) is 1. The molecule has 0 atom stereocenters. The zero-order chi connectivity index (χ0) is 15.0. The lowest BCUT2D eigenvalue weighted by molar-refractivity contribution is 0.730. The van der Waals surface area contributed by atoms with Crippen LogP contribution in [0.3, 0.4) is 0 Å². The predicted molar refractivity (Wildman–Crippen MR) is 85.2 cm³/mol. The van der Waals surface area contributed by atoms with Crippen molar-refractivity contribution >= 4 is 33.3 Å². The first-order valence-corrected chi connectivity index (χ1v) is 7.43. The van der Waals surface area contributed by atoms with Gasteiger partial charge in [-0.25, -0.2) is 10.8 Å². The van der Waals surface area contributed by atoms with Crippen molar-refractivity contribution in [3.63, 3.8) is 0 Å². The number of aryl methyl sites for hydroxylation is 2. The van der Waals surface area contributed by atoms with Crippen molar-refractivity contribution in [2.45, 2.75) is 20.4 Å². The number of thiophene rings is 1. The molecule has 0 aliphatic heterocycles. The molecule has 8 heteroatoms. The summed E-state index contributed by atoms with van der Waals surface area (Å²) in [6.45, 7) is 4.73. The van der Waals surface area contributed by atoms with Gasteiger partial charge in [-0.05, 0) is 25.3 Å². The van der Waals surface area contributed by atoms with Gasteiger partial charge in [-0.3, -0.25) is 10.1 Å². The van der Waals surface area contributed by atoms with Gasteiger partial charge in [0.2, 0.25) is 5.95 Å². The maximum atomic E-state index is 5.43. The van der Waals surface area contributed by atoms with Crippen molar-refractivity contribution in [2.24, 2.45) is 12.9 Å². The third-order valence-electron chi connectivity index (χ3n) is 3.55. The Morgan fingerprint density at radius 3 is 2.81 bits per heavy atom. The number of nitrogens with one attached hydrogen (secondary N) is 2. The van der Waals surface area contributed by atoms with E-state index in [-0.39, 0.29) is 0 Å². The summed E-state index contributed by atoms with van der Waals surface area (Å²) >= 11 is 1.56. The smallest absolute Gasteiger partial charge is 0.240 e. The molecule has 0 saturated carbocycles. The van der Waals surface area contributed by atoms with Crippen LogP contribution >= 0.6 is 11.3 Å². The van der Waals surface area contributed by atoms with Crippen molar-refractivity contribution in [1.82, 2.24) is 19.7 Å². The zero-order valence-electron chi connectivity index (χ0n) is 12.1. The van der Waals surface area contributed by atoms with E-state index in [9.17, 15) is 0 Å². The number of nitrogen functional groups attached to an aromatic ring is 1. The van der Waals surface area contributed by atoms with Gasteiger partial charge in [0.05, 0.1) is 11.1 Å². The van der Waals surface area contributed by atoms with E-state index in [1.54, 1.807) is 11.3 Å². The van der Waals surface area contributed by atoms with Crippen LogP contribution in [-0.2, 0) is 13.6 Å². The van der Waals surface area contributed by atoms with Gasteiger partial charge in [-0.1, -0.05) is 0 Å². The quantitative estimate of drug-likeness (QED) is 0.504. The summed E-state index contributed by atoms with van der Waals surface area (Å²) in [4.78, 5) is 9.62. The van der Waals surface area contributed by atoms with Gasteiger partial charge in [0, 0.05) is 24.8 Å². The number of nitrogens with zero attached hydrogens (tertiary/aromatic N) is 4. The number of hydrogen-bond acceptors (Lipinski definition) is 7. The maximum Gasteiger partial charge on any atom is 0.240 e. The molecule has 0 aliphatic rings. The molecule has 3 aromatic heterocycles. The Morgan fingerprint density at radius 2 is 2.14 bits per heavy atom. The lowest BCUT2D eigenvalue weighted by Crippen LogP contribution is -2.12. The lowest BCUT2D eigenvalue weighted by Gasteiger charge is -2.09. The average molecular weight is 303 g/mol. The minimum Gasteiger partial charge on any atom is -0.365 e. The molecule has 3 rings (SSSR count). The van der Waals surface area contributed by atoms with Crippen molar-refractivity contribution < 1.29 is 0 Å². The minimum absolute atomic E-state index is 0.409. The lowest BCUT2D eigenvalue weighted by atomic mass is 10.2. The van der Waals surface area contributed by atoms with Crippen LogP contribution in [-0.4, -0.2) is 19.7 Å². The van der Waals surface area contributed by atoms with E-state index in [2.05, 4.69) is 32.7 Å². The highest BCUT2D eigenvalue weighted by Gasteiger charge is 2.12. The van der Waals surface area contributed by atoms with Crippen molar-refractivity contribution in [3.8, 4) is 0 Å². The first-order valence-electron chi connectivity index (χ1n) is 6.55. The molecule has 0 radical (unpaired) electrons. The SMILES string of the molecule is Cc1nn(C)c(C)c1CNc1nc(NN)nc2sccc12. The van der Waals surface area contributed by atoms with Crippen LogP contribution in [0.25, 0.3) is 10.2 Å². The Bertz CT molecular complexity index is 789. The first kappa shape index (κ1) is 13.8. The van der Waals surface area contributed by atoms with E-state index in [1.165, 1.54) is 5.56 Å². The fraction of sp³-hybridized carbons (Fsp3) is 0.308. The normalized spacial score (nSPS) is 11.0. The molecule has 0 amide bonds. The molecule has 3 aromatic rings. The summed E-state index contributed by atoms with van der Waals surface area (Å²) < 4.78 is 1.89. The highest BCUT2D eigenvalue weighted by atomic mass is 32.1. The molecule has 7 nitrogen and oxygen atoms in total. The zero-order valence-corrected chi connectivity index (χ0v) is 13.0. The van der Waals surface area contributed by atoms with E-state index in [1.807, 2.05) is 30.1 Å². The average Bonchev–Trinajstić information content (AvgIpc) is 3.03. The molecule has 110 valence electrons. The van der Waals surface area contributed by atoms with E-state index in [0.29, 0.717) is 12.5 Å². The van der Waals surface area contributed by atoms with Crippen LogP contribution in [0.5, 0.6) is 0 Å². The van der Waals surface area contributed by atoms with Crippen molar-refractivity contribution in [3.05, 3.63) is 28.4 Å². The van der Waals surface area contributed by atoms with Crippen molar-refractivity contribution in [2.75, 3.05) is 10.7 Å². The van der Waals surface area contributed by atoms with Gasteiger partial charge in [-0.2, -0.15) is 10.1 Å². The predicted octanol–water partition coefficient (Wildman–Crippen LogP) is 1.94. The van der Waals surface area contributed by atoms with Crippen LogP contribution in [0.15, 0.2) is 11.4 Å². The van der Waals surface area contributed by atoms with Gasteiger partial charge in [0.15, 0.2) is 0 Å². The standard InChI is InChI=1S/C13H17N7S/c1-7-10(8(2)20(3)19-7)6-15-11-9-4-5-21-12(9)17-13(16-11)18-14/h4-5H,6,14H2,1-3H3,(H2,15,16,17,18). The molecule has 0 spiro atoms. The molecule has 0 bridgehead atoms. The Morgan fingerprint density at radius 1 is 1.33 bits per heavy atom. The Labute approximate surface area is 126 Å². The molecular weight excluding hydrogens is 286 g/mol. The van der Waals surface area contributed by atoms with Crippen LogP contribution in [0, 0.1) is 13.8 Å². The third kappa shape index (κ3) is 2.43. The maximum absolute atomic E-state index is 5.43. The molecule has 21 heavy (non-hydrogen) atoms. The van der Waals surface area contributed by atoms with Gasteiger partial charge >= 0.3 is 0 Å².